The van der Waals surface area contributed by atoms with E-state index in [1.54, 1.807) is 11.8 Å². The quantitative estimate of drug-likeness (QED) is 0.764. The lowest BCUT2D eigenvalue weighted by atomic mass is 10.0. The molecule has 0 unspecified atom stereocenters. The van der Waals surface area contributed by atoms with Crippen molar-refractivity contribution in [2.75, 3.05) is 5.75 Å². The molecule has 0 saturated carbocycles. The first kappa shape index (κ1) is 13.4. The van der Waals surface area contributed by atoms with Crippen LogP contribution in [0.5, 0.6) is 0 Å². The lowest BCUT2D eigenvalue weighted by Crippen LogP contribution is -1.90. The zero-order chi connectivity index (χ0) is 13.1. The molecule has 4 heteroatoms. The van der Waals surface area contributed by atoms with Crippen molar-refractivity contribution in [1.82, 2.24) is 0 Å². The fraction of sp³-hybridized carbons (Fsp3) is 0.286. The summed E-state index contributed by atoms with van der Waals surface area (Å²) in [5.41, 5.74) is 3.99. The third-order valence-corrected chi connectivity index (χ3v) is 4.49. The van der Waals surface area contributed by atoms with Crippen molar-refractivity contribution in [3.8, 4) is 0 Å². The Morgan fingerprint density at radius 3 is 2.89 bits per heavy atom. The zero-order valence-corrected chi connectivity index (χ0v) is 12.3. The Labute approximate surface area is 116 Å². The number of hydrogen-bond acceptors (Lipinski definition) is 4. The van der Waals surface area contributed by atoms with Gasteiger partial charge >= 0.3 is 0 Å². The van der Waals surface area contributed by atoms with E-state index < -0.39 is 0 Å². The predicted molar refractivity (Wildman–Crippen MR) is 82.1 cm³/mol. The van der Waals surface area contributed by atoms with E-state index in [1.165, 1.54) is 17.3 Å². The topological polar surface area (TPSA) is 29.4 Å². The first-order valence-corrected chi connectivity index (χ1v) is 7.63. The van der Waals surface area contributed by atoms with Crippen LogP contribution in [0, 0.1) is 13.8 Å². The van der Waals surface area contributed by atoms with Gasteiger partial charge in [0, 0.05) is 0 Å². The van der Waals surface area contributed by atoms with Gasteiger partial charge in [0.05, 0.1) is 0 Å². The normalized spacial score (nSPS) is 17.4. The van der Waals surface area contributed by atoms with Crippen molar-refractivity contribution in [3.05, 3.63) is 40.6 Å². The monoisotopic (exact) mass is 277 g/mol. The Morgan fingerprint density at radius 2 is 2.17 bits per heavy atom. The number of thioether (sulfide) groups is 2. The molecule has 0 aromatic heterocycles. The molecule has 1 aliphatic rings. The third-order valence-electron chi connectivity index (χ3n) is 2.60. The van der Waals surface area contributed by atoms with Gasteiger partial charge in [0.25, 0.3) is 0 Å². The first-order chi connectivity index (χ1) is 8.60. The summed E-state index contributed by atoms with van der Waals surface area (Å²) in [6, 6.07) is 6.23. The largest absolute Gasteiger partial charge is 0.279 e. The van der Waals surface area contributed by atoms with E-state index >= 15 is 0 Å². The number of aliphatic imine (C=N–C) groups is 1. The van der Waals surface area contributed by atoms with Crippen LogP contribution in [0.1, 0.15) is 23.6 Å². The molecule has 2 rings (SSSR count). The fourth-order valence-corrected chi connectivity index (χ4v) is 3.38. The van der Waals surface area contributed by atoms with E-state index in [2.05, 4.69) is 30.1 Å². The van der Waals surface area contributed by atoms with E-state index in [1.807, 2.05) is 19.9 Å². The molecular formula is C14H15NOS2. The van der Waals surface area contributed by atoms with Crippen LogP contribution >= 0.6 is 23.5 Å². The molecular weight excluding hydrogens is 262 g/mol. The predicted octanol–water partition coefficient (Wildman–Crippen LogP) is 4.03. The van der Waals surface area contributed by atoms with Gasteiger partial charge in [-0.05, 0) is 48.6 Å². The number of hydrogen-bond donors (Lipinski definition) is 0. The number of carbonyl (C=O) groups excluding carboxylic acids is 1. The second kappa shape index (κ2) is 5.76. The lowest BCUT2D eigenvalue weighted by molar-refractivity contribution is -0.107. The average molecular weight is 277 g/mol. The molecule has 0 amide bonds. The highest BCUT2D eigenvalue weighted by molar-refractivity contribution is 8.45. The van der Waals surface area contributed by atoms with Gasteiger partial charge in [-0.3, -0.25) is 4.79 Å². The van der Waals surface area contributed by atoms with Gasteiger partial charge in [-0.25, -0.2) is 4.99 Å². The minimum Gasteiger partial charge on any atom is -0.279 e. The molecule has 1 aromatic carbocycles. The van der Waals surface area contributed by atoms with Gasteiger partial charge in [0.1, 0.15) is 10.1 Å². The highest BCUT2D eigenvalue weighted by Gasteiger charge is 2.21. The van der Waals surface area contributed by atoms with Crippen LogP contribution in [0.2, 0.25) is 0 Å². The van der Waals surface area contributed by atoms with E-state index in [4.69, 9.17) is 0 Å². The molecule has 1 heterocycles. The number of carbonyl (C=O) groups is 1. The van der Waals surface area contributed by atoms with Gasteiger partial charge in [0.15, 0.2) is 0 Å². The van der Waals surface area contributed by atoms with Crippen LogP contribution < -0.4 is 0 Å². The van der Waals surface area contributed by atoms with Crippen LogP contribution in [0.3, 0.4) is 0 Å². The number of rotatable bonds is 2. The molecule has 2 nitrogen and oxygen atoms in total. The van der Waals surface area contributed by atoms with Crippen molar-refractivity contribution in [2.24, 2.45) is 4.99 Å². The summed E-state index contributed by atoms with van der Waals surface area (Å²) in [5, 5.41) is 0.0480. The summed E-state index contributed by atoms with van der Waals surface area (Å²) >= 11 is 2.85. The lowest BCUT2D eigenvalue weighted by Gasteiger charge is -2.02. The maximum absolute atomic E-state index is 11.8. The van der Waals surface area contributed by atoms with Crippen molar-refractivity contribution in [1.29, 1.82) is 0 Å². The Morgan fingerprint density at radius 1 is 1.39 bits per heavy atom. The minimum atomic E-state index is 0.0480. The summed E-state index contributed by atoms with van der Waals surface area (Å²) < 4.78 is 0.860. The highest BCUT2D eigenvalue weighted by atomic mass is 32.2. The smallest absolute Gasteiger partial charge is 0.244 e. The van der Waals surface area contributed by atoms with Crippen molar-refractivity contribution >= 4 is 39.1 Å². The van der Waals surface area contributed by atoms with E-state index in [0.717, 1.165) is 21.3 Å². The molecule has 0 atom stereocenters. The van der Waals surface area contributed by atoms with Crippen molar-refractivity contribution in [3.63, 3.8) is 0 Å². The van der Waals surface area contributed by atoms with Crippen LogP contribution in [0.25, 0.3) is 6.08 Å². The van der Waals surface area contributed by atoms with E-state index in [0.29, 0.717) is 5.70 Å². The second-order valence-electron chi connectivity index (χ2n) is 4.09. The highest BCUT2D eigenvalue weighted by Crippen LogP contribution is 2.31. The van der Waals surface area contributed by atoms with Crippen LogP contribution in [-0.2, 0) is 4.79 Å². The summed E-state index contributed by atoms with van der Waals surface area (Å²) in [6.07, 6.45) is 1.89. The number of aryl methyl sites for hydroxylation is 2. The van der Waals surface area contributed by atoms with Crippen LogP contribution in [0.4, 0.5) is 0 Å². The molecule has 0 N–H and O–H groups in total. The Bertz CT molecular complexity index is 547. The van der Waals surface area contributed by atoms with Crippen LogP contribution in [0.15, 0.2) is 28.9 Å². The van der Waals surface area contributed by atoms with Crippen LogP contribution in [-0.4, -0.2) is 15.2 Å². The molecule has 0 radical (unpaired) electrons. The first-order valence-electron chi connectivity index (χ1n) is 5.82. The molecule has 0 bridgehead atoms. The number of benzene rings is 1. The van der Waals surface area contributed by atoms with Gasteiger partial charge in [-0.15, -0.1) is 0 Å². The minimum absolute atomic E-state index is 0.0480. The van der Waals surface area contributed by atoms with Gasteiger partial charge < -0.3 is 0 Å². The summed E-state index contributed by atoms with van der Waals surface area (Å²) in [6.45, 7) is 6.16. The average Bonchev–Trinajstić information content (AvgIpc) is 2.65. The Hall–Kier alpha value is -1.000. The standard InChI is InChI=1S/C14H15NOS2/c1-4-17-14-15-12(13(16)18-14)8-11-7-9(2)5-6-10(11)3/h5-8H,4H2,1-3H3. The van der Waals surface area contributed by atoms with Gasteiger partial charge in [-0.2, -0.15) is 0 Å². The SMILES string of the molecule is CCSC1=NC(=Cc2cc(C)ccc2C)C(=O)S1. The Balaban J connectivity index is 2.33. The third kappa shape index (κ3) is 3.06. The number of nitrogens with zero attached hydrogens (tertiary/aromatic N) is 1. The molecule has 0 fully saturated rings. The van der Waals surface area contributed by atoms with Crippen molar-refractivity contribution in [2.45, 2.75) is 20.8 Å². The summed E-state index contributed by atoms with van der Waals surface area (Å²) in [5.74, 6) is 0.940. The summed E-state index contributed by atoms with van der Waals surface area (Å²) in [4.78, 5) is 16.2. The van der Waals surface area contributed by atoms with Gasteiger partial charge in [0.2, 0.25) is 5.12 Å². The van der Waals surface area contributed by atoms with Crippen molar-refractivity contribution < 1.29 is 4.79 Å². The molecule has 18 heavy (non-hydrogen) atoms. The molecule has 0 saturated heterocycles. The maximum atomic E-state index is 11.8. The molecule has 94 valence electrons. The molecule has 0 spiro atoms. The Kier molecular flexibility index (Phi) is 4.30. The van der Waals surface area contributed by atoms with E-state index in [9.17, 15) is 4.79 Å². The van der Waals surface area contributed by atoms with Gasteiger partial charge in [-0.1, -0.05) is 42.4 Å². The molecule has 0 aliphatic carbocycles. The van der Waals surface area contributed by atoms with E-state index in [-0.39, 0.29) is 5.12 Å². The second-order valence-corrected chi connectivity index (χ2v) is 6.56. The maximum Gasteiger partial charge on any atom is 0.244 e. The molecule has 1 aliphatic heterocycles. The molecule has 1 aromatic rings. The summed E-state index contributed by atoms with van der Waals surface area (Å²) in [7, 11) is 0. The zero-order valence-electron chi connectivity index (χ0n) is 10.7. The fourth-order valence-electron chi connectivity index (χ4n) is 1.64.